The number of carbonyl (C=O) groups excluding carboxylic acids is 1. The molecular formula is C7H18O5Si2. The molecule has 0 radical (unpaired) electrons. The van der Waals surface area contributed by atoms with Gasteiger partial charge in [0.2, 0.25) is 10.5 Å². The Morgan fingerprint density at radius 1 is 1.21 bits per heavy atom. The maximum atomic E-state index is 10.9. The maximum Gasteiger partial charge on any atom is 0.500 e. The zero-order valence-corrected chi connectivity index (χ0v) is 12.2. The van der Waals surface area contributed by atoms with Gasteiger partial charge in [0.25, 0.3) is 5.97 Å². The third-order valence-electron chi connectivity index (χ3n) is 2.02. The van der Waals surface area contributed by atoms with Crippen molar-refractivity contribution >= 4 is 25.3 Å². The van der Waals surface area contributed by atoms with Crippen molar-refractivity contribution in [2.24, 2.45) is 0 Å². The van der Waals surface area contributed by atoms with E-state index in [-0.39, 0.29) is 5.97 Å². The van der Waals surface area contributed by atoms with Crippen LogP contribution in [0.5, 0.6) is 0 Å². The Kier molecular flexibility index (Phi) is 7.02. The molecule has 5 nitrogen and oxygen atoms in total. The Hall–Kier alpha value is -0.216. The number of hydrogen-bond donors (Lipinski definition) is 0. The third kappa shape index (κ3) is 4.33. The molecule has 0 aromatic heterocycles. The highest BCUT2D eigenvalue weighted by Gasteiger charge is 2.37. The Labute approximate surface area is 88.6 Å². The van der Waals surface area contributed by atoms with Gasteiger partial charge in [-0.2, -0.15) is 0 Å². The number of hydrogen-bond acceptors (Lipinski definition) is 5. The summed E-state index contributed by atoms with van der Waals surface area (Å²) in [4.78, 5) is 10.9. The van der Waals surface area contributed by atoms with Crippen molar-refractivity contribution in [3.05, 3.63) is 0 Å². The SMILES string of the molecule is CO[Si](CCCC(=O)O[SiH3])(OC)OC. The normalized spacial score (nSPS) is 11.6. The van der Waals surface area contributed by atoms with Crippen LogP contribution >= 0.6 is 0 Å². The summed E-state index contributed by atoms with van der Waals surface area (Å²) in [5, 5.41) is 0. The molecule has 0 heterocycles. The lowest BCUT2D eigenvalue weighted by Gasteiger charge is -2.23. The molecule has 0 atom stereocenters. The maximum absolute atomic E-state index is 10.9. The number of rotatable bonds is 7. The molecule has 0 saturated heterocycles. The molecule has 0 N–H and O–H groups in total. The van der Waals surface area contributed by atoms with Gasteiger partial charge in [-0.15, -0.1) is 0 Å². The van der Waals surface area contributed by atoms with E-state index in [2.05, 4.69) is 4.43 Å². The predicted molar refractivity (Wildman–Crippen MR) is 56.9 cm³/mol. The van der Waals surface area contributed by atoms with Gasteiger partial charge in [0.1, 0.15) is 0 Å². The summed E-state index contributed by atoms with van der Waals surface area (Å²) in [6, 6.07) is 0.632. The molecule has 0 aliphatic heterocycles. The van der Waals surface area contributed by atoms with Gasteiger partial charge in [0.15, 0.2) is 0 Å². The van der Waals surface area contributed by atoms with Crippen molar-refractivity contribution < 1.29 is 22.5 Å². The Morgan fingerprint density at radius 3 is 2.07 bits per heavy atom. The highest BCUT2D eigenvalue weighted by molar-refractivity contribution is 6.60. The van der Waals surface area contributed by atoms with E-state index >= 15 is 0 Å². The molecular weight excluding hydrogens is 220 g/mol. The minimum atomic E-state index is -2.49. The zero-order valence-electron chi connectivity index (χ0n) is 9.16. The fraction of sp³-hybridized carbons (Fsp3) is 0.857. The first kappa shape index (κ1) is 13.8. The lowest BCUT2D eigenvalue weighted by Crippen LogP contribution is -2.42. The largest absolute Gasteiger partial charge is 0.529 e. The summed E-state index contributed by atoms with van der Waals surface area (Å²) in [5.41, 5.74) is 0. The van der Waals surface area contributed by atoms with E-state index in [9.17, 15) is 4.79 Å². The van der Waals surface area contributed by atoms with Gasteiger partial charge in [-0.05, 0) is 6.42 Å². The predicted octanol–water partition coefficient (Wildman–Crippen LogP) is -0.532. The second-order valence-corrected chi connectivity index (χ2v) is 6.22. The van der Waals surface area contributed by atoms with Crippen LogP contribution < -0.4 is 0 Å². The number of carbonyl (C=O) groups is 1. The molecule has 7 heteroatoms. The van der Waals surface area contributed by atoms with E-state index in [1.165, 1.54) is 0 Å². The first-order valence-electron chi connectivity index (χ1n) is 4.36. The van der Waals surface area contributed by atoms with Crippen LogP contribution in [0.4, 0.5) is 0 Å². The second-order valence-electron chi connectivity index (χ2n) is 2.73. The molecule has 0 rings (SSSR count). The third-order valence-corrected chi connectivity index (χ3v) is 5.31. The van der Waals surface area contributed by atoms with E-state index in [0.717, 1.165) is 0 Å². The summed E-state index contributed by atoms with van der Waals surface area (Å²) < 4.78 is 20.3. The second kappa shape index (κ2) is 7.13. The average molecular weight is 238 g/mol. The van der Waals surface area contributed by atoms with Crippen molar-refractivity contribution in [1.82, 2.24) is 0 Å². The topological polar surface area (TPSA) is 54.0 Å². The smallest absolute Gasteiger partial charge is 0.500 e. The van der Waals surface area contributed by atoms with Crippen LogP contribution in [0.2, 0.25) is 6.04 Å². The van der Waals surface area contributed by atoms with Crippen molar-refractivity contribution in [3.8, 4) is 0 Å². The highest BCUT2D eigenvalue weighted by atomic mass is 28.4. The van der Waals surface area contributed by atoms with Gasteiger partial charge in [-0.3, -0.25) is 4.79 Å². The molecule has 0 unspecified atom stereocenters. The monoisotopic (exact) mass is 238 g/mol. The first-order chi connectivity index (χ1) is 6.64. The highest BCUT2D eigenvalue weighted by Crippen LogP contribution is 2.16. The summed E-state index contributed by atoms with van der Waals surface area (Å²) in [7, 11) is 2.64. The molecule has 14 heavy (non-hydrogen) atoms. The van der Waals surface area contributed by atoms with Crippen LogP contribution in [0.25, 0.3) is 0 Å². The van der Waals surface area contributed by atoms with Crippen molar-refractivity contribution in [2.75, 3.05) is 21.3 Å². The van der Waals surface area contributed by atoms with Crippen LogP contribution in [0.3, 0.4) is 0 Å². The molecule has 0 saturated carbocycles. The zero-order chi connectivity index (χ0) is 11.0. The minimum absolute atomic E-state index is 0.164. The van der Waals surface area contributed by atoms with E-state index < -0.39 is 8.80 Å². The van der Waals surface area contributed by atoms with Crippen LogP contribution in [0, 0.1) is 0 Å². The first-order valence-corrected chi connectivity index (χ1v) is 7.11. The fourth-order valence-corrected chi connectivity index (χ4v) is 3.03. The lowest BCUT2D eigenvalue weighted by atomic mass is 10.3. The van der Waals surface area contributed by atoms with Gasteiger partial charge in [-0.1, -0.05) is 0 Å². The summed E-state index contributed by atoms with van der Waals surface area (Å²) in [5.74, 6) is -0.164. The molecule has 0 fully saturated rings. The summed E-state index contributed by atoms with van der Waals surface area (Å²) >= 11 is 0. The van der Waals surface area contributed by atoms with Crippen molar-refractivity contribution in [3.63, 3.8) is 0 Å². The van der Waals surface area contributed by atoms with Crippen LogP contribution in [0.15, 0.2) is 0 Å². The van der Waals surface area contributed by atoms with E-state index in [4.69, 9.17) is 13.3 Å². The molecule has 0 aliphatic carbocycles. The van der Waals surface area contributed by atoms with Crippen LogP contribution in [0.1, 0.15) is 12.8 Å². The molecule has 84 valence electrons. The lowest BCUT2D eigenvalue weighted by molar-refractivity contribution is -0.134. The molecule has 0 aromatic carbocycles. The Bertz CT molecular complexity index is 163. The molecule has 0 aromatic rings. The van der Waals surface area contributed by atoms with Gasteiger partial charge < -0.3 is 17.7 Å². The van der Waals surface area contributed by atoms with Gasteiger partial charge in [-0.25, -0.2) is 0 Å². The van der Waals surface area contributed by atoms with Gasteiger partial charge >= 0.3 is 8.80 Å². The molecule has 0 amide bonds. The van der Waals surface area contributed by atoms with Crippen LogP contribution in [-0.4, -0.2) is 46.6 Å². The molecule has 0 spiro atoms. The van der Waals surface area contributed by atoms with Gasteiger partial charge in [0, 0.05) is 33.8 Å². The van der Waals surface area contributed by atoms with Crippen molar-refractivity contribution in [2.45, 2.75) is 18.9 Å². The minimum Gasteiger partial charge on any atom is -0.529 e. The van der Waals surface area contributed by atoms with E-state index in [1.54, 1.807) is 21.3 Å². The molecule has 0 bridgehead atoms. The summed E-state index contributed by atoms with van der Waals surface area (Å²) in [6.07, 6.45) is 1.07. The standard InChI is InChI=1S/C7H18O5Si2/c1-9-14(10-2,11-3)6-4-5-7(8)12-13/h4-6H2,1-3,13H3. The quantitative estimate of drug-likeness (QED) is 0.558. The van der Waals surface area contributed by atoms with E-state index in [1.807, 2.05) is 0 Å². The molecule has 0 aliphatic rings. The Morgan fingerprint density at radius 2 is 1.71 bits per heavy atom. The summed E-state index contributed by atoms with van der Waals surface area (Å²) in [6.45, 7) is 0. The average Bonchev–Trinajstić information content (AvgIpc) is 2.25. The van der Waals surface area contributed by atoms with Crippen LogP contribution in [-0.2, 0) is 22.5 Å². The Balaban J connectivity index is 3.88. The van der Waals surface area contributed by atoms with Gasteiger partial charge in [0.05, 0.1) is 0 Å². The van der Waals surface area contributed by atoms with E-state index in [0.29, 0.717) is 29.4 Å². The van der Waals surface area contributed by atoms with Crippen molar-refractivity contribution in [1.29, 1.82) is 0 Å². The fourth-order valence-electron chi connectivity index (χ4n) is 1.11.